The van der Waals surface area contributed by atoms with Crippen LogP contribution in [0.25, 0.3) is 0 Å². The van der Waals surface area contributed by atoms with Gasteiger partial charge in [0.05, 0.1) is 0 Å². The summed E-state index contributed by atoms with van der Waals surface area (Å²) >= 11 is 0. The van der Waals surface area contributed by atoms with Crippen LogP contribution in [-0.4, -0.2) is 18.4 Å². The predicted molar refractivity (Wildman–Crippen MR) is 33.2 cm³/mol. The Morgan fingerprint density at radius 1 is 1.78 bits per heavy atom. The molecule has 9 heavy (non-hydrogen) atoms. The van der Waals surface area contributed by atoms with Gasteiger partial charge in [-0.05, 0) is 5.92 Å². The van der Waals surface area contributed by atoms with Gasteiger partial charge in [-0.25, -0.2) is 0 Å². The summed E-state index contributed by atoms with van der Waals surface area (Å²) in [5, 5.41) is 0. The third kappa shape index (κ3) is 1.09. The van der Waals surface area contributed by atoms with Crippen molar-refractivity contribution in [3.63, 3.8) is 0 Å². The molecule has 1 rings (SSSR count). The van der Waals surface area contributed by atoms with E-state index in [0.717, 1.165) is 0 Å². The van der Waals surface area contributed by atoms with E-state index in [4.69, 9.17) is 4.74 Å². The summed E-state index contributed by atoms with van der Waals surface area (Å²) in [5.41, 5.74) is 0. The molecule has 1 atom stereocenters. The van der Waals surface area contributed by atoms with Crippen molar-refractivity contribution in [2.24, 2.45) is 10.9 Å². The van der Waals surface area contributed by atoms with Crippen molar-refractivity contribution >= 4 is 12.3 Å². The number of hydrogen-bond donors (Lipinski definition) is 0. The summed E-state index contributed by atoms with van der Waals surface area (Å²) in [6.07, 6.45) is 0.887. The molecule has 3 heteroatoms. The molecule has 1 amide bonds. The minimum atomic E-state index is -0.329. The van der Waals surface area contributed by atoms with Crippen LogP contribution in [0.15, 0.2) is 4.99 Å². The second kappa shape index (κ2) is 2.17. The molecular formula is C6H9NO2. The second-order valence-corrected chi connectivity index (χ2v) is 2.37. The van der Waals surface area contributed by atoms with Gasteiger partial charge in [0.25, 0.3) is 5.91 Å². The number of aliphatic imine (C=N–C) groups is 1. The smallest absolute Gasteiger partial charge is 0.289 e. The molecule has 0 aliphatic carbocycles. The Labute approximate surface area is 53.7 Å². The molecule has 0 aromatic rings. The van der Waals surface area contributed by atoms with Crippen molar-refractivity contribution in [3.05, 3.63) is 0 Å². The SMILES string of the molecule is CC(C)C1OC=NC1=O. The van der Waals surface area contributed by atoms with Crippen molar-refractivity contribution < 1.29 is 9.53 Å². The quantitative estimate of drug-likeness (QED) is 0.517. The highest BCUT2D eigenvalue weighted by Crippen LogP contribution is 2.10. The Kier molecular flexibility index (Phi) is 1.51. The maximum Gasteiger partial charge on any atom is 0.289 e. The maximum absolute atomic E-state index is 10.7. The van der Waals surface area contributed by atoms with Crippen LogP contribution in [0.5, 0.6) is 0 Å². The predicted octanol–water partition coefficient (Wildman–Crippen LogP) is 0.596. The first-order valence-electron chi connectivity index (χ1n) is 2.93. The van der Waals surface area contributed by atoms with Crippen molar-refractivity contribution in [2.75, 3.05) is 0 Å². The molecule has 0 N–H and O–H groups in total. The van der Waals surface area contributed by atoms with E-state index in [-0.39, 0.29) is 17.9 Å². The first-order chi connectivity index (χ1) is 4.22. The highest BCUT2D eigenvalue weighted by molar-refractivity contribution is 5.91. The summed E-state index contributed by atoms with van der Waals surface area (Å²) in [6.45, 7) is 3.86. The number of carbonyl (C=O) groups is 1. The van der Waals surface area contributed by atoms with Crippen LogP contribution in [0.1, 0.15) is 13.8 Å². The van der Waals surface area contributed by atoms with Crippen molar-refractivity contribution in [1.82, 2.24) is 0 Å². The van der Waals surface area contributed by atoms with Gasteiger partial charge in [-0.3, -0.25) is 4.79 Å². The third-order valence-electron chi connectivity index (χ3n) is 1.24. The van der Waals surface area contributed by atoms with E-state index in [2.05, 4.69) is 4.99 Å². The molecule has 1 aliphatic heterocycles. The molecule has 0 bridgehead atoms. The fourth-order valence-corrected chi connectivity index (χ4v) is 0.722. The fourth-order valence-electron chi connectivity index (χ4n) is 0.722. The lowest BCUT2D eigenvalue weighted by molar-refractivity contribution is -0.124. The summed E-state index contributed by atoms with van der Waals surface area (Å²) in [6, 6.07) is 0. The number of ether oxygens (including phenoxy) is 1. The van der Waals surface area contributed by atoms with Gasteiger partial charge in [-0.1, -0.05) is 13.8 Å². The van der Waals surface area contributed by atoms with Gasteiger partial charge in [0.1, 0.15) is 0 Å². The fraction of sp³-hybridized carbons (Fsp3) is 0.667. The van der Waals surface area contributed by atoms with E-state index in [1.807, 2.05) is 13.8 Å². The first-order valence-corrected chi connectivity index (χ1v) is 2.93. The van der Waals surface area contributed by atoms with Gasteiger partial charge < -0.3 is 4.74 Å². The van der Waals surface area contributed by atoms with Gasteiger partial charge in [0.2, 0.25) is 0 Å². The first kappa shape index (κ1) is 6.26. The zero-order valence-electron chi connectivity index (χ0n) is 5.50. The zero-order valence-corrected chi connectivity index (χ0v) is 5.50. The van der Waals surface area contributed by atoms with Crippen LogP contribution in [0.2, 0.25) is 0 Å². The Balaban J connectivity index is 2.56. The van der Waals surface area contributed by atoms with Crippen molar-refractivity contribution in [2.45, 2.75) is 20.0 Å². The molecule has 0 spiro atoms. The average molecular weight is 127 g/mol. The summed E-state index contributed by atoms with van der Waals surface area (Å²) in [5.74, 6) is 0.0602. The molecule has 3 nitrogen and oxygen atoms in total. The van der Waals surface area contributed by atoms with Crippen LogP contribution in [0, 0.1) is 5.92 Å². The van der Waals surface area contributed by atoms with Crippen molar-refractivity contribution in [3.8, 4) is 0 Å². The highest BCUT2D eigenvalue weighted by atomic mass is 16.5. The van der Waals surface area contributed by atoms with E-state index in [0.29, 0.717) is 0 Å². The molecular weight excluding hydrogens is 118 g/mol. The van der Waals surface area contributed by atoms with Crippen LogP contribution < -0.4 is 0 Å². The van der Waals surface area contributed by atoms with E-state index >= 15 is 0 Å². The van der Waals surface area contributed by atoms with E-state index in [1.165, 1.54) is 6.40 Å². The van der Waals surface area contributed by atoms with Crippen LogP contribution in [0.4, 0.5) is 0 Å². The minimum absolute atomic E-state index is 0.162. The largest absolute Gasteiger partial charge is 0.470 e. The minimum Gasteiger partial charge on any atom is -0.470 e. The van der Waals surface area contributed by atoms with E-state index in [9.17, 15) is 4.79 Å². The van der Waals surface area contributed by atoms with E-state index in [1.54, 1.807) is 0 Å². The summed E-state index contributed by atoms with van der Waals surface area (Å²) in [7, 11) is 0. The Hall–Kier alpha value is -0.860. The molecule has 0 saturated heterocycles. The highest BCUT2D eigenvalue weighted by Gasteiger charge is 2.25. The van der Waals surface area contributed by atoms with Crippen LogP contribution >= 0.6 is 0 Å². The molecule has 1 heterocycles. The standard InChI is InChI=1S/C6H9NO2/c1-4(2)5-6(8)7-3-9-5/h3-5H,1-2H3. The molecule has 50 valence electrons. The maximum atomic E-state index is 10.7. The number of hydrogen-bond acceptors (Lipinski definition) is 2. The Morgan fingerprint density at radius 2 is 2.44 bits per heavy atom. The van der Waals surface area contributed by atoms with Gasteiger partial charge in [0, 0.05) is 0 Å². The van der Waals surface area contributed by atoms with Crippen LogP contribution in [-0.2, 0) is 9.53 Å². The molecule has 1 unspecified atom stereocenters. The van der Waals surface area contributed by atoms with E-state index < -0.39 is 0 Å². The lowest BCUT2D eigenvalue weighted by Crippen LogP contribution is -2.22. The van der Waals surface area contributed by atoms with Crippen molar-refractivity contribution in [1.29, 1.82) is 0 Å². The number of carbonyl (C=O) groups excluding carboxylic acids is 1. The van der Waals surface area contributed by atoms with Gasteiger partial charge in [0.15, 0.2) is 12.5 Å². The molecule has 0 saturated carbocycles. The topological polar surface area (TPSA) is 38.7 Å². The summed E-state index contributed by atoms with van der Waals surface area (Å²) in [4.78, 5) is 14.1. The molecule has 0 radical (unpaired) electrons. The average Bonchev–Trinajstić information content (AvgIpc) is 2.13. The van der Waals surface area contributed by atoms with Crippen LogP contribution in [0.3, 0.4) is 0 Å². The number of amides is 1. The number of rotatable bonds is 1. The van der Waals surface area contributed by atoms with Gasteiger partial charge >= 0.3 is 0 Å². The Bertz CT molecular complexity index is 151. The third-order valence-corrected chi connectivity index (χ3v) is 1.24. The van der Waals surface area contributed by atoms with Gasteiger partial charge in [-0.15, -0.1) is 0 Å². The summed E-state index contributed by atoms with van der Waals surface area (Å²) < 4.78 is 4.89. The molecule has 0 aromatic carbocycles. The Morgan fingerprint density at radius 3 is 2.67 bits per heavy atom. The zero-order chi connectivity index (χ0) is 6.85. The lowest BCUT2D eigenvalue weighted by Gasteiger charge is -2.09. The lowest BCUT2D eigenvalue weighted by atomic mass is 10.1. The molecule has 0 aromatic heterocycles. The normalized spacial score (nSPS) is 25.2. The number of nitrogens with zero attached hydrogens (tertiary/aromatic N) is 1. The second-order valence-electron chi connectivity index (χ2n) is 2.37. The van der Waals surface area contributed by atoms with Gasteiger partial charge in [-0.2, -0.15) is 4.99 Å². The molecule has 1 aliphatic rings. The monoisotopic (exact) mass is 127 g/mol. The molecule has 0 fully saturated rings.